The van der Waals surface area contributed by atoms with E-state index in [-0.39, 0.29) is 0 Å². The summed E-state index contributed by atoms with van der Waals surface area (Å²) >= 11 is 5.79. The maximum atomic E-state index is 10.5. The quantitative estimate of drug-likeness (QED) is 0.540. The van der Waals surface area contributed by atoms with Crippen LogP contribution < -0.4 is 5.73 Å². The van der Waals surface area contributed by atoms with E-state index in [1.54, 1.807) is 18.2 Å². The number of carbonyl (C=O) groups is 1. The number of aromatic nitrogens is 1. The molecule has 0 bridgehead atoms. The summed E-state index contributed by atoms with van der Waals surface area (Å²) in [6.07, 6.45) is 0.743. The number of aldehydes is 1. The molecule has 2 aromatic rings. The van der Waals surface area contributed by atoms with Crippen LogP contribution in [-0.2, 0) is 0 Å². The van der Waals surface area contributed by atoms with Crippen molar-refractivity contribution in [3.63, 3.8) is 0 Å². The molecule has 0 saturated heterocycles. The molecule has 66 valence electrons. The number of halogens is 1. The Labute approximate surface area is 79.5 Å². The monoisotopic (exact) mass is 194 g/mol. The summed E-state index contributed by atoms with van der Waals surface area (Å²) in [5, 5.41) is 1.42. The molecule has 1 aromatic carbocycles. The molecule has 0 atom stereocenters. The van der Waals surface area contributed by atoms with Gasteiger partial charge in [0.15, 0.2) is 6.29 Å². The highest BCUT2D eigenvalue weighted by Crippen LogP contribution is 2.25. The molecule has 0 aliphatic rings. The highest BCUT2D eigenvalue weighted by atomic mass is 35.5. The van der Waals surface area contributed by atoms with Crippen LogP contribution in [0.4, 0.5) is 5.69 Å². The molecule has 1 heterocycles. The number of anilines is 1. The van der Waals surface area contributed by atoms with E-state index < -0.39 is 0 Å². The molecule has 0 radical (unpaired) electrons. The highest BCUT2D eigenvalue weighted by Gasteiger charge is 2.04. The number of H-pyrrole nitrogens is 1. The lowest BCUT2D eigenvalue weighted by molar-refractivity contribution is 0.112. The Morgan fingerprint density at radius 1 is 1.38 bits per heavy atom. The lowest BCUT2D eigenvalue weighted by Gasteiger charge is -1.96. The zero-order valence-electron chi connectivity index (χ0n) is 6.67. The Bertz CT molecular complexity index is 476. The second-order valence-corrected chi connectivity index (χ2v) is 3.24. The molecule has 0 amide bonds. The highest BCUT2D eigenvalue weighted by molar-refractivity contribution is 6.31. The number of nitrogen functional groups attached to an aromatic ring is 1. The molecule has 4 heteroatoms. The topological polar surface area (TPSA) is 58.9 Å². The van der Waals surface area contributed by atoms with Crippen LogP contribution >= 0.6 is 11.6 Å². The number of hydrogen-bond acceptors (Lipinski definition) is 2. The minimum atomic E-state index is 0.504. The summed E-state index contributed by atoms with van der Waals surface area (Å²) in [7, 11) is 0. The van der Waals surface area contributed by atoms with Gasteiger partial charge in [-0.25, -0.2) is 0 Å². The molecule has 3 nitrogen and oxygen atoms in total. The van der Waals surface area contributed by atoms with E-state index in [4.69, 9.17) is 17.3 Å². The van der Waals surface area contributed by atoms with Crippen LogP contribution in [0.2, 0.25) is 5.02 Å². The number of nitrogens with two attached hydrogens (primary N) is 1. The zero-order chi connectivity index (χ0) is 9.42. The molecule has 3 N–H and O–H groups in total. The maximum Gasteiger partial charge on any atom is 0.166 e. The van der Waals surface area contributed by atoms with Gasteiger partial charge < -0.3 is 10.7 Å². The lowest BCUT2D eigenvalue weighted by Crippen LogP contribution is -1.86. The summed E-state index contributed by atoms with van der Waals surface area (Å²) in [5.41, 5.74) is 7.50. The van der Waals surface area contributed by atoms with Crippen molar-refractivity contribution < 1.29 is 4.79 Å². The number of benzene rings is 1. The summed E-state index contributed by atoms with van der Waals surface area (Å²) in [5.74, 6) is 0. The Balaban J connectivity index is 2.82. The third-order valence-electron chi connectivity index (χ3n) is 1.87. The van der Waals surface area contributed by atoms with Gasteiger partial charge in [0.25, 0.3) is 0 Å². The van der Waals surface area contributed by atoms with E-state index >= 15 is 0 Å². The van der Waals surface area contributed by atoms with E-state index in [9.17, 15) is 4.79 Å². The fourth-order valence-electron chi connectivity index (χ4n) is 1.32. The molecule has 13 heavy (non-hydrogen) atoms. The van der Waals surface area contributed by atoms with Gasteiger partial charge in [-0.3, -0.25) is 4.79 Å². The Morgan fingerprint density at radius 3 is 2.85 bits per heavy atom. The molecular formula is C9H7ClN2O. The van der Waals surface area contributed by atoms with Gasteiger partial charge in [0.1, 0.15) is 0 Å². The van der Waals surface area contributed by atoms with Crippen molar-refractivity contribution in [2.45, 2.75) is 0 Å². The van der Waals surface area contributed by atoms with Crippen molar-refractivity contribution in [1.29, 1.82) is 0 Å². The van der Waals surface area contributed by atoms with Crippen LogP contribution in [0, 0.1) is 0 Å². The van der Waals surface area contributed by atoms with Crippen LogP contribution in [0.15, 0.2) is 18.2 Å². The third kappa shape index (κ3) is 1.27. The van der Waals surface area contributed by atoms with E-state index in [0.717, 1.165) is 17.2 Å². The fourth-order valence-corrected chi connectivity index (χ4v) is 1.55. The molecule has 0 aliphatic carbocycles. The van der Waals surface area contributed by atoms with Crippen LogP contribution in [0.1, 0.15) is 10.5 Å². The minimum absolute atomic E-state index is 0.504. The largest absolute Gasteiger partial charge is 0.397 e. The van der Waals surface area contributed by atoms with Crippen molar-refractivity contribution >= 4 is 34.5 Å². The van der Waals surface area contributed by atoms with Gasteiger partial charge in [-0.05, 0) is 18.2 Å². The SMILES string of the molecule is Nc1cc(Cl)cc2cc(C=O)[nH]c12. The van der Waals surface area contributed by atoms with E-state index in [2.05, 4.69) is 4.98 Å². The number of rotatable bonds is 1. The molecule has 0 fully saturated rings. The lowest BCUT2D eigenvalue weighted by atomic mass is 10.2. The van der Waals surface area contributed by atoms with Crippen molar-refractivity contribution in [1.82, 2.24) is 4.98 Å². The Hall–Kier alpha value is -1.48. The van der Waals surface area contributed by atoms with Crippen LogP contribution in [0.3, 0.4) is 0 Å². The average Bonchev–Trinajstić information content (AvgIpc) is 2.47. The molecule has 0 unspecified atom stereocenters. The van der Waals surface area contributed by atoms with Gasteiger partial charge >= 0.3 is 0 Å². The third-order valence-corrected chi connectivity index (χ3v) is 2.09. The minimum Gasteiger partial charge on any atom is -0.397 e. The summed E-state index contributed by atoms with van der Waals surface area (Å²) in [6.45, 7) is 0. The predicted octanol–water partition coefficient (Wildman–Crippen LogP) is 2.22. The summed E-state index contributed by atoms with van der Waals surface area (Å²) in [4.78, 5) is 13.4. The normalized spacial score (nSPS) is 10.5. The molecule has 0 saturated carbocycles. The van der Waals surface area contributed by atoms with Crippen molar-refractivity contribution in [2.75, 3.05) is 5.73 Å². The Kier molecular flexibility index (Phi) is 1.74. The first kappa shape index (κ1) is 8.13. The zero-order valence-corrected chi connectivity index (χ0v) is 7.43. The number of nitrogens with one attached hydrogen (secondary N) is 1. The summed E-state index contributed by atoms with van der Waals surface area (Å²) in [6, 6.07) is 5.12. The van der Waals surface area contributed by atoms with Crippen LogP contribution in [0.25, 0.3) is 10.9 Å². The van der Waals surface area contributed by atoms with Gasteiger partial charge in [-0.2, -0.15) is 0 Å². The van der Waals surface area contributed by atoms with Gasteiger partial charge in [-0.15, -0.1) is 0 Å². The summed E-state index contributed by atoms with van der Waals surface area (Å²) < 4.78 is 0. The van der Waals surface area contributed by atoms with Crippen LogP contribution in [0.5, 0.6) is 0 Å². The van der Waals surface area contributed by atoms with E-state index in [1.165, 1.54) is 0 Å². The van der Waals surface area contributed by atoms with Crippen molar-refractivity contribution in [3.05, 3.63) is 28.9 Å². The number of fused-ring (bicyclic) bond motifs is 1. The van der Waals surface area contributed by atoms with Crippen molar-refractivity contribution in [2.24, 2.45) is 0 Å². The van der Waals surface area contributed by atoms with E-state index in [1.807, 2.05) is 0 Å². The van der Waals surface area contributed by atoms with Crippen LogP contribution in [-0.4, -0.2) is 11.3 Å². The number of aromatic amines is 1. The fraction of sp³-hybridized carbons (Fsp3) is 0. The van der Waals surface area contributed by atoms with Gasteiger partial charge in [0, 0.05) is 10.4 Å². The smallest absolute Gasteiger partial charge is 0.166 e. The second kappa shape index (κ2) is 2.78. The Morgan fingerprint density at radius 2 is 2.15 bits per heavy atom. The van der Waals surface area contributed by atoms with Crippen molar-refractivity contribution in [3.8, 4) is 0 Å². The molecule has 1 aromatic heterocycles. The molecule has 0 spiro atoms. The van der Waals surface area contributed by atoms with E-state index in [0.29, 0.717) is 16.4 Å². The first-order valence-electron chi connectivity index (χ1n) is 3.73. The number of carbonyl (C=O) groups excluding carboxylic acids is 1. The standard InChI is InChI=1S/C9H7ClN2O/c10-6-1-5-2-7(4-13)12-9(5)8(11)3-6/h1-4,12H,11H2. The molecular weight excluding hydrogens is 188 g/mol. The number of hydrogen-bond donors (Lipinski definition) is 2. The average molecular weight is 195 g/mol. The molecule has 0 aliphatic heterocycles. The molecule has 2 rings (SSSR count). The van der Waals surface area contributed by atoms with Gasteiger partial charge in [0.05, 0.1) is 16.9 Å². The predicted molar refractivity (Wildman–Crippen MR) is 53.1 cm³/mol. The maximum absolute atomic E-state index is 10.5. The van der Waals surface area contributed by atoms with Gasteiger partial charge in [0.2, 0.25) is 0 Å². The van der Waals surface area contributed by atoms with Gasteiger partial charge in [-0.1, -0.05) is 11.6 Å². The second-order valence-electron chi connectivity index (χ2n) is 2.80. The first-order valence-corrected chi connectivity index (χ1v) is 4.11. The first-order chi connectivity index (χ1) is 6.20.